The Bertz CT molecular complexity index is 589. The molecule has 2 rings (SSSR count). The molecule has 8 heteroatoms. The van der Waals surface area contributed by atoms with Gasteiger partial charge in [-0.05, 0) is 38.5 Å². The van der Waals surface area contributed by atoms with E-state index < -0.39 is 29.4 Å². The molecular formula is C15H18F3NO4. The van der Waals surface area contributed by atoms with Gasteiger partial charge in [0.1, 0.15) is 17.0 Å². The largest absolute Gasteiger partial charge is 0.573 e. The van der Waals surface area contributed by atoms with Gasteiger partial charge in [-0.2, -0.15) is 0 Å². The second kappa shape index (κ2) is 5.59. The minimum atomic E-state index is -4.80. The van der Waals surface area contributed by atoms with Crippen LogP contribution in [0.1, 0.15) is 26.3 Å². The number of carbonyl (C=O) groups is 1. The molecule has 5 nitrogen and oxygen atoms in total. The van der Waals surface area contributed by atoms with Crippen LogP contribution in [0, 0.1) is 0 Å². The third-order valence-electron chi connectivity index (χ3n) is 3.16. The summed E-state index contributed by atoms with van der Waals surface area (Å²) in [6, 6.07) is 5.09. The van der Waals surface area contributed by atoms with Crippen molar-refractivity contribution in [1.29, 1.82) is 0 Å². The number of hydrogen-bond acceptors (Lipinski definition) is 4. The molecule has 1 saturated heterocycles. The van der Waals surface area contributed by atoms with Gasteiger partial charge in [-0.25, -0.2) is 4.79 Å². The molecule has 128 valence electrons. The van der Waals surface area contributed by atoms with Crippen molar-refractivity contribution in [3.63, 3.8) is 0 Å². The number of ether oxygens (including phenoxy) is 2. The number of alkyl halides is 3. The van der Waals surface area contributed by atoms with Crippen molar-refractivity contribution in [1.82, 2.24) is 4.90 Å². The van der Waals surface area contributed by atoms with E-state index in [1.54, 1.807) is 20.8 Å². The summed E-state index contributed by atoms with van der Waals surface area (Å²) in [5.74, 6) is -0.417. The molecule has 1 aliphatic heterocycles. The van der Waals surface area contributed by atoms with Gasteiger partial charge < -0.3 is 19.5 Å². The van der Waals surface area contributed by atoms with Crippen LogP contribution in [-0.4, -0.2) is 41.2 Å². The van der Waals surface area contributed by atoms with Crippen LogP contribution < -0.4 is 4.74 Å². The van der Waals surface area contributed by atoms with Crippen LogP contribution in [0.25, 0.3) is 0 Å². The second-order valence-electron chi connectivity index (χ2n) is 6.44. The number of nitrogens with zero attached hydrogens (tertiary/aromatic N) is 1. The highest BCUT2D eigenvalue weighted by molar-refractivity contribution is 5.70. The topological polar surface area (TPSA) is 59.0 Å². The Labute approximate surface area is 131 Å². The summed E-state index contributed by atoms with van der Waals surface area (Å²) in [6.07, 6.45) is -5.38. The number of β-amino-alcohol motifs (C(OH)–C–C–N with tert-alkyl or cyclic N) is 1. The molecule has 23 heavy (non-hydrogen) atoms. The van der Waals surface area contributed by atoms with Crippen LogP contribution in [0.4, 0.5) is 18.0 Å². The minimum absolute atomic E-state index is 0.0582. The molecule has 0 aromatic heterocycles. The summed E-state index contributed by atoms with van der Waals surface area (Å²) in [5, 5.41) is 10.4. The van der Waals surface area contributed by atoms with E-state index in [9.17, 15) is 23.1 Å². The number of rotatable bonds is 2. The quantitative estimate of drug-likeness (QED) is 0.904. The van der Waals surface area contributed by atoms with Crippen molar-refractivity contribution in [2.75, 3.05) is 13.1 Å². The maximum absolute atomic E-state index is 12.2. The van der Waals surface area contributed by atoms with Gasteiger partial charge in [0.15, 0.2) is 0 Å². The Morgan fingerprint density at radius 2 is 1.87 bits per heavy atom. The van der Waals surface area contributed by atoms with Gasteiger partial charge in [-0.3, -0.25) is 0 Å². The molecule has 0 aliphatic carbocycles. The molecule has 1 N–H and O–H groups in total. The summed E-state index contributed by atoms with van der Waals surface area (Å²) in [4.78, 5) is 13.1. The number of aliphatic hydroxyl groups is 1. The standard InChI is InChI=1S/C15H18F3NO4/c1-13(2,3)23-12(20)19-8-14(21,9-19)10-5-4-6-11(7-10)22-15(16,17)18/h4-7,21H,8-9H2,1-3H3. The number of benzene rings is 1. The van der Waals surface area contributed by atoms with Crippen LogP contribution in [0.15, 0.2) is 24.3 Å². The molecular weight excluding hydrogens is 315 g/mol. The second-order valence-corrected chi connectivity index (χ2v) is 6.44. The molecule has 0 unspecified atom stereocenters. The van der Waals surface area contributed by atoms with E-state index in [0.29, 0.717) is 0 Å². The SMILES string of the molecule is CC(C)(C)OC(=O)N1CC(O)(c2cccc(OC(F)(F)F)c2)C1. The monoisotopic (exact) mass is 333 g/mol. The normalized spacial score (nSPS) is 17.4. The average molecular weight is 333 g/mol. The zero-order valence-electron chi connectivity index (χ0n) is 13.0. The first-order valence-corrected chi connectivity index (χ1v) is 6.95. The van der Waals surface area contributed by atoms with Crippen LogP contribution in [-0.2, 0) is 10.3 Å². The fourth-order valence-electron chi connectivity index (χ4n) is 2.21. The van der Waals surface area contributed by atoms with E-state index in [1.807, 2.05) is 0 Å². The van der Waals surface area contributed by atoms with Crippen molar-refractivity contribution < 1.29 is 32.5 Å². The average Bonchev–Trinajstić information content (AvgIpc) is 2.31. The molecule has 0 saturated carbocycles. The lowest BCUT2D eigenvalue weighted by Gasteiger charge is -2.46. The van der Waals surface area contributed by atoms with E-state index in [0.717, 1.165) is 12.1 Å². The van der Waals surface area contributed by atoms with Gasteiger partial charge in [0.25, 0.3) is 0 Å². The first-order valence-electron chi connectivity index (χ1n) is 6.95. The van der Waals surface area contributed by atoms with Crippen LogP contribution in [0.5, 0.6) is 5.75 Å². The Morgan fingerprint density at radius 3 is 2.39 bits per heavy atom. The lowest BCUT2D eigenvalue weighted by Crippen LogP contribution is -2.61. The number of carbonyl (C=O) groups excluding carboxylic acids is 1. The van der Waals surface area contributed by atoms with Crippen molar-refractivity contribution in [2.45, 2.75) is 38.3 Å². The van der Waals surface area contributed by atoms with E-state index in [2.05, 4.69) is 4.74 Å². The number of halogens is 3. The molecule has 0 radical (unpaired) electrons. The van der Waals surface area contributed by atoms with Gasteiger partial charge in [-0.1, -0.05) is 12.1 Å². The van der Waals surface area contributed by atoms with Gasteiger partial charge in [0, 0.05) is 0 Å². The van der Waals surface area contributed by atoms with E-state index in [1.165, 1.54) is 17.0 Å². The maximum Gasteiger partial charge on any atom is 0.573 e. The highest BCUT2D eigenvalue weighted by Crippen LogP contribution is 2.35. The summed E-state index contributed by atoms with van der Waals surface area (Å²) in [6.45, 7) is 5.03. The summed E-state index contributed by atoms with van der Waals surface area (Å²) in [7, 11) is 0. The third kappa shape index (κ3) is 4.51. The molecule has 1 aromatic carbocycles. The Morgan fingerprint density at radius 1 is 1.26 bits per heavy atom. The molecule has 1 fully saturated rings. The number of hydrogen-bond donors (Lipinski definition) is 1. The minimum Gasteiger partial charge on any atom is -0.444 e. The number of likely N-dealkylation sites (tertiary alicyclic amines) is 1. The van der Waals surface area contributed by atoms with Crippen LogP contribution in [0.3, 0.4) is 0 Å². The van der Waals surface area contributed by atoms with Crippen molar-refractivity contribution in [2.24, 2.45) is 0 Å². The van der Waals surface area contributed by atoms with E-state index in [-0.39, 0.29) is 18.7 Å². The molecule has 1 aromatic rings. The van der Waals surface area contributed by atoms with Gasteiger partial charge >= 0.3 is 12.5 Å². The summed E-state index contributed by atoms with van der Waals surface area (Å²) < 4.78 is 45.7. The predicted molar refractivity (Wildman–Crippen MR) is 74.8 cm³/mol. The Hall–Kier alpha value is -1.96. The third-order valence-corrected chi connectivity index (χ3v) is 3.16. The molecule has 0 bridgehead atoms. The highest BCUT2D eigenvalue weighted by atomic mass is 19.4. The molecule has 1 amide bonds. The predicted octanol–water partition coefficient (Wildman–Crippen LogP) is 3.02. The lowest BCUT2D eigenvalue weighted by atomic mass is 9.86. The molecule has 0 spiro atoms. The van der Waals surface area contributed by atoms with E-state index >= 15 is 0 Å². The van der Waals surface area contributed by atoms with E-state index in [4.69, 9.17) is 4.74 Å². The van der Waals surface area contributed by atoms with Crippen molar-refractivity contribution >= 4 is 6.09 Å². The van der Waals surface area contributed by atoms with Crippen LogP contribution >= 0.6 is 0 Å². The fourth-order valence-corrected chi connectivity index (χ4v) is 2.21. The Balaban J connectivity index is 2.04. The zero-order chi connectivity index (χ0) is 17.5. The van der Waals surface area contributed by atoms with Gasteiger partial charge in [0.05, 0.1) is 13.1 Å². The lowest BCUT2D eigenvalue weighted by molar-refractivity contribution is -0.274. The van der Waals surface area contributed by atoms with Crippen molar-refractivity contribution in [3.05, 3.63) is 29.8 Å². The van der Waals surface area contributed by atoms with Crippen LogP contribution in [0.2, 0.25) is 0 Å². The summed E-state index contributed by atoms with van der Waals surface area (Å²) in [5.41, 5.74) is -1.83. The first-order chi connectivity index (χ1) is 10.4. The maximum atomic E-state index is 12.2. The summed E-state index contributed by atoms with van der Waals surface area (Å²) >= 11 is 0. The molecule has 1 aliphatic rings. The first kappa shape index (κ1) is 17.4. The smallest absolute Gasteiger partial charge is 0.444 e. The zero-order valence-corrected chi connectivity index (χ0v) is 13.0. The van der Waals surface area contributed by atoms with Gasteiger partial charge in [0.2, 0.25) is 0 Å². The van der Waals surface area contributed by atoms with Crippen molar-refractivity contribution in [3.8, 4) is 5.75 Å². The molecule has 1 heterocycles. The number of amides is 1. The molecule has 0 atom stereocenters. The highest BCUT2D eigenvalue weighted by Gasteiger charge is 2.46. The Kier molecular flexibility index (Phi) is 4.23. The fraction of sp³-hybridized carbons (Fsp3) is 0.533. The van der Waals surface area contributed by atoms with Gasteiger partial charge in [-0.15, -0.1) is 13.2 Å².